The lowest BCUT2D eigenvalue weighted by atomic mass is 9.98. The van der Waals surface area contributed by atoms with Gasteiger partial charge in [0.05, 0.1) is 6.10 Å². The number of nitrogens with one attached hydrogen (secondary N) is 1. The zero-order valence-electron chi connectivity index (χ0n) is 9.39. The Hall–Kier alpha value is -0.900. The lowest BCUT2D eigenvalue weighted by molar-refractivity contribution is 0.0747. The molecule has 2 aliphatic rings. The first kappa shape index (κ1) is 10.3. The van der Waals surface area contributed by atoms with E-state index in [4.69, 9.17) is 0 Å². The second-order valence-corrected chi connectivity index (χ2v) is 4.78. The van der Waals surface area contributed by atoms with Crippen LogP contribution in [-0.4, -0.2) is 41.8 Å². The molecule has 0 saturated carbocycles. The largest absolute Gasteiger partial charge is 0.390 e. The molecule has 86 valence electrons. The third-order valence-corrected chi connectivity index (χ3v) is 3.78. The Morgan fingerprint density at radius 2 is 2.00 bits per heavy atom. The summed E-state index contributed by atoms with van der Waals surface area (Å²) in [6.07, 6.45) is 0.907. The van der Waals surface area contributed by atoms with E-state index >= 15 is 0 Å². The van der Waals surface area contributed by atoms with Crippen LogP contribution in [0.3, 0.4) is 0 Å². The highest BCUT2D eigenvalue weighted by atomic mass is 16.3. The molecular weight excluding hydrogens is 200 g/mol. The summed E-state index contributed by atoms with van der Waals surface area (Å²) in [4.78, 5) is 2.41. The summed E-state index contributed by atoms with van der Waals surface area (Å²) >= 11 is 0. The van der Waals surface area contributed by atoms with Crippen molar-refractivity contribution < 1.29 is 5.11 Å². The number of nitrogens with zero attached hydrogens (tertiary/aromatic N) is 1. The number of benzene rings is 1. The Morgan fingerprint density at radius 1 is 1.19 bits per heavy atom. The SMILES string of the molecule is O[C@@H]1CNC[C@H]1N1CCc2ccccc2C1. The number of aliphatic hydroxyl groups is 1. The van der Waals surface area contributed by atoms with E-state index in [9.17, 15) is 5.11 Å². The predicted molar refractivity (Wildman–Crippen MR) is 63.2 cm³/mol. The van der Waals surface area contributed by atoms with Crippen LogP contribution in [0.5, 0.6) is 0 Å². The van der Waals surface area contributed by atoms with Gasteiger partial charge in [-0.15, -0.1) is 0 Å². The van der Waals surface area contributed by atoms with E-state index in [1.54, 1.807) is 0 Å². The van der Waals surface area contributed by atoms with Gasteiger partial charge in [0.2, 0.25) is 0 Å². The molecule has 3 nitrogen and oxygen atoms in total. The third kappa shape index (κ3) is 1.75. The van der Waals surface area contributed by atoms with Crippen molar-refractivity contribution in [3.05, 3.63) is 35.4 Å². The molecule has 0 bridgehead atoms. The Bertz CT molecular complexity index is 380. The van der Waals surface area contributed by atoms with E-state index in [1.165, 1.54) is 11.1 Å². The Balaban J connectivity index is 1.77. The van der Waals surface area contributed by atoms with Crippen LogP contribution in [0, 0.1) is 0 Å². The molecule has 1 fully saturated rings. The fraction of sp³-hybridized carbons (Fsp3) is 0.538. The molecule has 0 aromatic heterocycles. The molecule has 3 heteroatoms. The molecule has 2 aliphatic heterocycles. The topological polar surface area (TPSA) is 35.5 Å². The van der Waals surface area contributed by atoms with Crippen molar-refractivity contribution in [2.75, 3.05) is 19.6 Å². The fourth-order valence-electron chi connectivity index (χ4n) is 2.82. The van der Waals surface area contributed by atoms with E-state index in [1.807, 2.05) is 0 Å². The van der Waals surface area contributed by atoms with E-state index in [0.29, 0.717) is 6.04 Å². The number of β-amino-alcohol motifs (C(OH)–C–C–N with tert-alkyl or cyclic N) is 1. The Morgan fingerprint density at radius 3 is 2.75 bits per heavy atom. The summed E-state index contributed by atoms with van der Waals surface area (Å²) in [6.45, 7) is 3.71. The first-order valence-electron chi connectivity index (χ1n) is 6.04. The number of aliphatic hydroxyl groups excluding tert-OH is 1. The first-order chi connectivity index (χ1) is 7.84. The van der Waals surface area contributed by atoms with Gasteiger partial charge in [-0.05, 0) is 17.5 Å². The molecule has 3 rings (SSSR count). The van der Waals surface area contributed by atoms with Crippen LogP contribution in [0.2, 0.25) is 0 Å². The van der Waals surface area contributed by atoms with Gasteiger partial charge in [0, 0.05) is 32.2 Å². The maximum Gasteiger partial charge on any atom is 0.0831 e. The Kier molecular flexibility index (Phi) is 2.67. The van der Waals surface area contributed by atoms with Crippen molar-refractivity contribution in [1.82, 2.24) is 10.2 Å². The van der Waals surface area contributed by atoms with Crippen molar-refractivity contribution >= 4 is 0 Å². The molecule has 0 spiro atoms. The number of hydrogen-bond acceptors (Lipinski definition) is 3. The minimum atomic E-state index is -0.203. The molecule has 0 radical (unpaired) electrons. The van der Waals surface area contributed by atoms with Gasteiger partial charge in [0.15, 0.2) is 0 Å². The molecule has 0 unspecified atom stereocenters. The summed E-state index contributed by atoms with van der Waals surface area (Å²) < 4.78 is 0. The lowest BCUT2D eigenvalue weighted by Gasteiger charge is -2.34. The van der Waals surface area contributed by atoms with Crippen LogP contribution in [0.4, 0.5) is 0 Å². The predicted octanol–water partition coefficient (Wildman–Crippen LogP) is 0.377. The summed E-state index contributed by atoms with van der Waals surface area (Å²) in [6, 6.07) is 8.94. The van der Waals surface area contributed by atoms with Gasteiger partial charge in [0.25, 0.3) is 0 Å². The highest BCUT2D eigenvalue weighted by molar-refractivity contribution is 5.29. The minimum absolute atomic E-state index is 0.203. The monoisotopic (exact) mass is 218 g/mol. The van der Waals surface area contributed by atoms with Crippen LogP contribution in [0.25, 0.3) is 0 Å². The van der Waals surface area contributed by atoms with Crippen molar-refractivity contribution in [2.45, 2.75) is 25.1 Å². The smallest absolute Gasteiger partial charge is 0.0831 e. The van der Waals surface area contributed by atoms with Gasteiger partial charge in [-0.2, -0.15) is 0 Å². The second-order valence-electron chi connectivity index (χ2n) is 4.78. The average molecular weight is 218 g/mol. The normalized spacial score (nSPS) is 30.3. The minimum Gasteiger partial charge on any atom is -0.390 e. The van der Waals surface area contributed by atoms with E-state index in [2.05, 4.69) is 34.5 Å². The molecule has 1 aromatic rings. The second kappa shape index (κ2) is 4.17. The van der Waals surface area contributed by atoms with E-state index in [-0.39, 0.29) is 6.10 Å². The van der Waals surface area contributed by atoms with Crippen LogP contribution in [0.1, 0.15) is 11.1 Å². The highest BCUT2D eigenvalue weighted by Gasteiger charge is 2.32. The van der Waals surface area contributed by atoms with Gasteiger partial charge in [0.1, 0.15) is 0 Å². The molecular formula is C13H18N2O. The van der Waals surface area contributed by atoms with Crippen LogP contribution in [-0.2, 0) is 13.0 Å². The zero-order valence-corrected chi connectivity index (χ0v) is 9.39. The summed E-state index contributed by atoms with van der Waals surface area (Å²) in [5.74, 6) is 0. The molecule has 2 atom stereocenters. The number of hydrogen-bond donors (Lipinski definition) is 2. The van der Waals surface area contributed by atoms with Crippen LogP contribution in [0.15, 0.2) is 24.3 Å². The van der Waals surface area contributed by atoms with Gasteiger partial charge in [-0.3, -0.25) is 4.90 Å². The summed E-state index contributed by atoms with van der Waals surface area (Å²) in [5, 5.41) is 13.1. The maximum absolute atomic E-state index is 9.89. The highest BCUT2D eigenvalue weighted by Crippen LogP contribution is 2.22. The standard InChI is InChI=1S/C13H18N2O/c16-13-8-14-7-12(13)15-6-5-10-3-1-2-4-11(10)9-15/h1-4,12-14,16H,5-9H2/t12-,13-/m1/s1. The van der Waals surface area contributed by atoms with Gasteiger partial charge in [-0.25, -0.2) is 0 Å². The van der Waals surface area contributed by atoms with E-state index in [0.717, 1.165) is 32.6 Å². The van der Waals surface area contributed by atoms with Crippen molar-refractivity contribution in [1.29, 1.82) is 0 Å². The van der Waals surface area contributed by atoms with E-state index < -0.39 is 0 Å². The van der Waals surface area contributed by atoms with Gasteiger partial charge < -0.3 is 10.4 Å². The zero-order chi connectivity index (χ0) is 11.0. The fourth-order valence-corrected chi connectivity index (χ4v) is 2.82. The maximum atomic E-state index is 9.89. The van der Waals surface area contributed by atoms with Crippen LogP contribution < -0.4 is 5.32 Å². The molecule has 0 aliphatic carbocycles. The van der Waals surface area contributed by atoms with Crippen molar-refractivity contribution in [3.63, 3.8) is 0 Å². The van der Waals surface area contributed by atoms with Crippen LogP contribution >= 0.6 is 0 Å². The summed E-state index contributed by atoms with van der Waals surface area (Å²) in [7, 11) is 0. The van der Waals surface area contributed by atoms with Crippen molar-refractivity contribution in [3.8, 4) is 0 Å². The molecule has 2 heterocycles. The summed E-state index contributed by atoms with van der Waals surface area (Å²) in [5.41, 5.74) is 2.90. The first-order valence-corrected chi connectivity index (χ1v) is 6.04. The molecule has 2 N–H and O–H groups in total. The third-order valence-electron chi connectivity index (χ3n) is 3.78. The van der Waals surface area contributed by atoms with Gasteiger partial charge in [-0.1, -0.05) is 24.3 Å². The number of fused-ring (bicyclic) bond motifs is 1. The average Bonchev–Trinajstić information content (AvgIpc) is 2.75. The molecule has 0 amide bonds. The molecule has 1 saturated heterocycles. The molecule has 16 heavy (non-hydrogen) atoms. The van der Waals surface area contributed by atoms with Crippen molar-refractivity contribution in [2.24, 2.45) is 0 Å². The number of rotatable bonds is 1. The molecule has 1 aromatic carbocycles. The lowest BCUT2D eigenvalue weighted by Crippen LogP contribution is -2.45. The Labute approximate surface area is 96.1 Å². The van der Waals surface area contributed by atoms with Gasteiger partial charge >= 0.3 is 0 Å². The quantitative estimate of drug-likeness (QED) is 0.715.